The van der Waals surface area contributed by atoms with Crippen molar-refractivity contribution in [3.05, 3.63) is 0 Å². The van der Waals surface area contributed by atoms with E-state index in [9.17, 15) is 70.7 Å². The fourth-order valence-electron chi connectivity index (χ4n) is 1.33. The van der Waals surface area contributed by atoms with Gasteiger partial charge in [-0.1, -0.05) is 0 Å². The summed E-state index contributed by atoms with van der Waals surface area (Å²) in [5.41, 5.74) is -8.76. The predicted octanol–water partition coefficient (Wildman–Crippen LogP) is 4.45. The zero-order valence-electron chi connectivity index (χ0n) is 10.5. The van der Waals surface area contributed by atoms with Crippen molar-refractivity contribution in [2.75, 3.05) is 0 Å². The lowest BCUT2D eigenvalue weighted by molar-refractivity contribution is -0.456. The Morgan fingerprint density at radius 3 is 0.920 bits per heavy atom. The zero-order valence-corrected chi connectivity index (χ0v) is 10.5. The normalized spacial score (nSPS) is 16.1. The molecule has 0 aliphatic heterocycles. The van der Waals surface area contributed by atoms with Crippen LogP contribution in [0.2, 0.25) is 0 Å². The van der Waals surface area contributed by atoms with Crippen LogP contribution in [-0.2, 0) is 4.79 Å². The van der Waals surface area contributed by atoms with E-state index >= 15 is 0 Å². The second-order valence-corrected chi connectivity index (χ2v) is 4.26. The van der Waals surface area contributed by atoms with Gasteiger partial charge >= 0.3 is 47.7 Å². The highest BCUT2D eigenvalue weighted by Gasteiger charge is 2.98. The van der Waals surface area contributed by atoms with E-state index in [2.05, 4.69) is 0 Å². The average Bonchev–Trinajstić information content (AvgIpc) is 2.33. The molecule has 0 aliphatic rings. The zero-order chi connectivity index (χ0) is 21.1. The van der Waals surface area contributed by atoms with Crippen molar-refractivity contribution >= 4 is 5.97 Å². The minimum absolute atomic E-state index is 4.45. The molecule has 0 aromatic carbocycles. The summed E-state index contributed by atoms with van der Waals surface area (Å²) in [6.45, 7) is 0. The van der Waals surface area contributed by atoms with Crippen molar-refractivity contribution in [2.24, 2.45) is 0 Å². The lowest BCUT2D eigenvalue weighted by Gasteiger charge is -2.44. The van der Waals surface area contributed by atoms with Crippen LogP contribution >= 0.6 is 0 Å². The van der Waals surface area contributed by atoms with Gasteiger partial charge in [-0.25, -0.2) is 9.18 Å². The van der Waals surface area contributed by atoms with Crippen molar-refractivity contribution in [1.29, 1.82) is 0 Å². The Bertz CT molecular complexity index is 501. The van der Waals surface area contributed by atoms with Crippen LogP contribution in [0.1, 0.15) is 0 Å². The topological polar surface area (TPSA) is 37.3 Å². The summed E-state index contributed by atoms with van der Waals surface area (Å²) < 4.78 is 188. The minimum Gasteiger partial charge on any atom is -0.477 e. The molecule has 0 atom stereocenters. The number of carboxylic acid groups (broad SMARTS) is 1. The van der Waals surface area contributed by atoms with Gasteiger partial charge in [0.1, 0.15) is 0 Å². The van der Waals surface area contributed by atoms with E-state index in [1.165, 1.54) is 0 Å². The Morgan fingerprint density at radius 1 is 0.520 bits per heavy atom. The maximum absolute atomic E-state index is 13.5. The Balaban J connectivity index is 7.20. The number of hydrogen-bond donors (Lipinski definition) is 1. The third-order valence-corrected chi connectivity index (χ3v) is 2.67. The quantitative estimate of drug-likeness (QED) is 0.676. The standard InChI is InChI=1S/C8HF15O2/c9-2(10,1(24)25)4(12,13)3(11,5(14,15)7(18,19)20)6(16,17)8(21,22)23/h(H,24,25). The molecule has 0 fully saturated rings. The van der Waals surface area contributed by atoms with Gasteiger partial charge < -0.3 is 5.11 Å². The third kappa shape index (κ3) is 2.74. The van der Waals surface area contributed by atoms with Crippen LogP contribution in [0, 0.1) is 0 Å². The second kappa shape index (κ2) is 5.46. The molecule has 0 saturated heterocycles. The first-order valence-corrected chi connectivity index (χ1v) is 5.01. The average molecular weight is 414 g/mol. The number of carboxylic acids is 1. The highest BCUT2D eigenvalue weighted by Crippen LogP contribution is 2.65. The number of hydrogen-bond acceptors (Lipinski definition) is 1. The first-order chi connectivity index (χ1) is 10.4. The van der Waals surface area contributed by atoms with Crippen molar-refractivity contribution in [3.63, 3.8) is 0 Å². The van der Waals surface area contributed by atoms with Gasteiger partial charge in [0.25, 0.3) is 0 Å². The van der Waals surface area contributed by atoms with Crippen LogP contribution in [0.4, 0.5) is 65.9 Å². The number of carbonyl (C=O) groups is 1. The van der Waals surface area contributed by atoms with Crippen LogP contribution in [-0.4, -0.2) is 52.8 Å². The molecule has 0 bridgehead atoms. The van der Waals surface area contributed by atoms with Gasteiger partial charge in [-0.05, 0) is 0 Å². The van der Waals surface area contributed by atoms with E-state index in [0.717, 1.165) is 0 Å². The molecule has 0 heterocycles. The Kier molecular flexibility index (Phi) is 5.11. The molecular weight excluding hydrogens is 413 g/mol. The SMILES string of the molecule is O=C(O)C(F)(F)C(F)(F)C(F)(C(F)(F)C(F)(F)F)C(F)(F)C(F)(F)F. The molecule has 0 aliphatic carbocycles. The summed E-state index contributed by atoms with van der Waals surface area (Å²) in [5.74, 6) is -37.3. The van der Waals surface area contributed by atoms with Gasteiger partial charge in [-0.2, -0.15) is 61.5 Å². The van der Waals surface area contributed by atoms with E-state index in [-0.39, 0.29) is 0 Å². The fraction of sp³-hybridized carbons (Fsp3) is 0.875. The van der Waals surface area contributed by atoms with E-state index in [1.54, 1.807) is 0 Å². The lowest BCUT2D eigenvalue weighted by Crippen LogP contribution is -2.79. The van der Waals surface area contributed by atoms with Crippen LogP contribution in [0.25, 0.3) is 0 Å². The van der Waals surface area contributed by atoms with Gasteiger partial charge in [0.2, 0.25) is 0 Å². The summed E-state index contributed by atoms with van der Waals surface area (Å²) >= 11 is 0. The Hall–Kier alpha value is -1.58. The number of alkyl halides is 15. The summed E-state index contributed by atoms with van der Waals surface area (Å²) in [4.78, 5) is 9.82. The number of halogens is 15. The first-order valence-electron chi connectivity index (χ1n) is 5.01. The van der Waals surface area contributed by atoms with Gasteiger partial charge in [-0.3, -0.25) is 0 Å². The molecule has 25 heavy (non-hydrogen) atoms. The molecule has 0 aromatic rings. The fourth-order valence-corrected chi connectivity index (χ4v) is 1.33. The number of rotatable bonds is 5. The summed E-state index contributed by atoms with van der Waals surface area (Å²) in [6.07, 6.45) is -16.0. The summed E-state index contributed by atoms with van der Waals surface area (Å²) in [5, 5.41) is 7.63. The maximum Gasteiger partial charge on any atom is 0.457 e. The van der Waals surface area contributed by atoms with Crippen molar-refractivity contribution in [1.82, 2.24) is 0 Å². The Morgan fingerprint density at radius 2 is 0.760 bits per heavy atom. The molecule has 0 aromatic heterocycles. The summed E-state index contributed by atoms with van der Waals surface area (Å²) in [7, 11) is 0. The molecule has 17 heteroatoms. The smallest absolute Gasteiger partial charge is 0.457 e. The van der Waals surface area contributed by atoms with Gasteiger partial charge in [0.05, 0.1) is 0 Å². The summed E-state index contributed by atoms with van der Waals surface area (Å²) in [6, 6.07) is 0. The molecule has 0 rings (SSSR count). The molecule has 0 spiro atoms. The molecular formula is C8HF15O2. The van der Waals surface area contributed by atoms with Gasteiger partial charge in [0, 0.05) is 0 Å². The van der Waals surface area contributed by atoms with Gasteiger partial charge in [-0.15, -0.1) is 0 Å². The van der Waals surface area contributed by atoms with E-state index in [4.69, 9.17) is 5.11 Å². The second-order valence-electron chi connectivity index (χ2n) is 4.26. The molecule has 0 radical (unpaired) electrons. The van der Waals surface area contributed by atoms with Crippen molar-refractivity contribution < 1.29 is 75.8 Å². The molecule has 0 amide bonds. The predicted molar refractivity (Wildman–Crippen MR) is 43.4 cm³/mol. The highest BCUT2D eigenvalue weighted by molar-refractivity contribution is 5.77. The van der Waals surface area contributed by atoms with Gasteiger partial charge in [0.15, 0.2) is 0 Å². The largest absolute Gasteiger partial charge is 0.477 e. The van der Waals surface area contributed by atoms with Crippen molar-refractivity contribution in [2.45, 2.75) is 41.7 Å². The van der Waals surface area contributed by atoms with E-state index < -0.39 is 47.7 Å². The maximum atomic E-state index is 13.5. The Labute approximate surface area is 125 Å². The molecule has 150 valence electrons. The third-order valence-electron chi connectivity index (χ3n) is 2.67. The van der Waals surface area contributed by atoms with E-state index in [1.807, 2.05) is 0 Å². The highest BCUT2D eigenvalue weighted by atomic mass is 19.4. The van der Waals surface area contributed by atoms with Crippen molar-refractivity contribution in [3.8, 4) is 0 Å². The molecule has 0 unspecified atom stereocenters. The molecule has 1 N–H and O–H groups in total. The van der Waals surface area contributed by atoms with Crippen LogP contribution in [0.5, 0.6) is 0 Å². The number of aliphatic carboxylic acids is 1. The van der Waals surface area contributed by atoms with E-state index in [0.29, 0.717) is 0 Å². The van der Waals surface area contributed by atoms with Crippen LogP contribution in [0.3, 0.4) is 0 Å². The first kappa shape index (κ1) is 23.4. The molecule has 0 saturated carbocycles. The van der Waals surface area contributed by atoms with Crippen LogP contribution < -0.4 is 0 Å². The minimum atomic E-state index is -8.76. The van der Waals surface area contributed by atoms with Crippen LogP contribution in [0.15, 0.2) is 0 Å². The monoisotopic (exact) mass is 414 g/mol. The lowest BCUT2D eigenvalue weighted by atomic mass is 9.79. The molecule has 2 nitrogen and oxygen atoms in total.